The van der Waals surface area contributed by atoms with Crippen LogP contribution in [0.3, 0.4) is 0 Å². The van der Waals surface area contributed by atoms with Crippen LogP contribution in [0.15, 0.2) is 51.3 Å². The van der Waals surface area contributed by atoms with E-state index < -0.39 is 0 Å². The van der Waals surface area contributed by atoms with Gasteiger partial charge in [-0.2, -0.15) is 0 Å². The minimum Gasteiger partial charge on any atom is -0.350 e. The monoisotopic (exact) mass is 503 g/mol. The van der Waals surface area contributed by atoms with Gasteiger partial charge in [0.2, 0.25) is 5.91 Å². The molecule has 6 nitrogen and oxygen atoms in total. The van der Waals surface area contributed by atoms with Gasteiger partial charge in [-0.05, 0) is 54.4 Å². The lowest BCUT2D eigenvalue weighted by atomic mass is 10.1. The maximum atomic E-state index is 12.5. The first-order valence-electron chi connectivity index (χ1n) is 9.29. The molecule has 3 heterocycles. The molecule has 30 heavy (non-hydrogen) atoms. The SMILES string of the molecule is CCN1C(=O)S/C(=C\c2cn(CC(=O)NCc3cccs3)c3ccc(Br)cc23)C1=O. The van der Waals surface area contributed by atoms with Crippen LogP contribution >= 0.6 is 39.0 Å². The summed E-state index contributed by atoms with van der Waals surface area (Å²) >= 11 is 6.03. The number of likely N-dealkylation sites (N-methyl/N-ethyl adjacent to an activating group) is 1. The van der Waals surface area contributed by atoms with Gasteiger partial charge >= 0.3 is 0 Å². The van der Waals surface area contributed by atoms with Crippen LogP contribution < -0.4 is 5.32 Å². The number of aromatic nitrogens is 1. The molecule has 154 valence electrons. The van der Waals surface area contributed by atoms with Gasteiger partial charge in [0.1, 0.15) is 6.54 Å². The zero-order valence-corrected chi connectivity index (χ0v) is 19.3. The molecule has 0 aliphatic carbocycles. The molecule has 0 unspecified atom stereocenters. The summed E-state index contributed by atoms with van der Waals surface area (Å²) in [6.45, 7) is 2.78. The standard InChI is InChI=1S/C21H18BrN3O3S2/c1-2-25-20(27)18(30-21(25)28)8-13-11-24(17-6-5-14(22)9-16(13)17)12-19(26)23-10-15-4-3-7-29-15/h3-9,11H,2,10,12H2,1H3,(H,23,26)/b18-8-. The van der Waals surface area contributed by atoms with Crippen molar-refractivity contribution in [2.45, 2.75) is 20.0 Å². The van der Waals surface area contributed by atoms with Gasteiger partial charge in [-0.15, -0.1) is 11.3 Å². The summed E-state index contributed by atoms with van der Waals surface area (Å²) in [5.74, 6) is -0.377. The molecule has 1 fully saturated rings. The number of carbonyl (C=O) groups is 3. The average Bonchev–Trinajstić information content (AvgIpc) is 3.41. The molecule has 3 amide bonds. The Hall–Kier alpha value is -2.36. The van der Waals surface area contributed by atoms with Gasteiger partial charge in [0.15, 0.2) is 0 Å². The summed E-state index contributed by atoms with van der Waals surface area (Å²) in [5, 5.41) is 5.56. The number of nitrogens with one attached hydrogen (secondary N) is 1. The van der Waals surface area contributed by atoms with E-state index in [4.69, 9.17) is 0 Å². The maximum absolute atomic E-state index is 12.5. The van der Waals surface area contributed by atoms with Crippen molar-refractivity contribution in [1.82, 2.24) is 14.8 Å². The molecule has 0 saturated carbocycles. The van der Waals surface area contributed by atoms with Crippen molar-refractivity contribution in [2.24, 2.45) is 0 Å². The van der Waals surface area contributed by atoms with E-state index in [9.17, 15) is 14.4 Å². The molecule has 2 aromatic heterocycles. The van der Waals surface area contributed by atoms with E-state index >= 15 is 0 Å². The highest BCUT2D eigenvalue weighted by atomic mass is 79.9. The fourth-order valence-electron chi connectivity index (χ4n) is 3.27. The van der Waals surface area contributed by atoms with Crippen molar-refractivity contribution in [2.75, 3.05) is 6.54 Å². The van der Waals surface area contributed by atoms with Crippen LogP contribution in [0.4, 0.5) is 4.79 Å². The number of amides is 3. The molecule has 4 rings (SSSR count). The third-order valence-electron chi connectivity index (χ3n) is 4.70. The first-order valence-corrected chi connectivity index (χ1v) is 11.8. The summed E-state index contributed by atoms with van der Waals surface area (Å²) in [5.41, 5.74) is 1.67. The van der Waals surface area contributed by atoms with Crippen LogP contribution in [0.5, 0.6) is 0 Å². The highest BCUT2D eigenvalue weighted by molar-refractivity contribution is 9.10. The van der Waals surface area contributed by atoms with Gasteiger partial charge in [-0.1, -0.05) is 22.0 Å². The van der Waals surface area contributed by atoms with Crippen molar-refractivity contribution in [3.63, 3.8) is 0 Å². The number of carbonyl (C=O) groups excluding carboxylic acids is 3. The molecule has 1 aliphatic rings. The largest absolute Gasteiger partial charge is 0.350 e. The van der Waals surface area contributed by atoms with Crippen LogP contribution in [0.1, 0.15) is 17.4 Å². The van der Waals surface area contributed by atoms with Crippen molar-refractivity contribution in [1.29, 1.82) is 0 Å². The summed E-state index contributed by atoms with van der Waals surface area (Å²) in [6, 6.07) is 9.73. The Kier molecular flexibility index (Phi) is 6.12. The van der Waals surface area contributed by atoms with E-state index in [1.54, 1.807) is 24.3 Å². The molecule has 9 heteroatoms. The highest BCUT2D eigenvalue weighted by Gasteiger charge is 2.33. The average molecular weight is 504 g/mol. The van der Waals surface area contributed by atoms with E-state index in [0.717, 1.165) is 37.6 Å². The van der Waals surface area contributed by atoms with Gasteiger partial charge in [0, 0.05) is 38.6 Å². The van der Waals surface area contributed by atoms with Crippen molar-refractivity contribution in [3.05, 3.63) is 61.7 Å². The van der Waals surface area contributed by atoms with E-state index in [1.165, 1.54) is 4.90 Å². The molecular formula is C21H18BrN3O3S2. The molecule has 0 spiro atoms. The van der Waals surface area contributed by atoms with Gasteiger partial charge in [-0.3, -0.25) is 19.3 Å². The Balaban J connectivity index is 1.62. The lowest BCUT2D eigenvalue weighted by Crippen LogP contribution is -2.27. The summed E-state index contributed by atoms with van der Waals surface area (Å²) in [4.78, 5) is 39.7. The predicted molar refractivity (Wildman–Crippen MR) is 124 cm³/mol. The quantitative estimate of drug-likeness (QED) is 0.488. The number of benzene rings is 1. The maximum Gasteiger partial charge on any atom is 0.293 e. The summed E-state index contributed by atoms with van der Waals surface area (Å²) < 4.78 is 2.76. The van der Waals surface area contributed by atoms with Crippen LogP contribution in [-0.4, -0.2) is 33.1 Å². The number of thioether (sulfide) groups is 1. The second kappa shape index (κ2) is 8.79. The van der Waals surface area contributed by atoms with E-state index in [0.29, 0.717) is 18.0 Å². The Morgan fingerprint density at radius 3 is 2.80 bits per heavy atom. The van der Waals surface area contributed by atoms with Gasteiger partial charge in [-0.25, -0.2) is 0 Å². The Labute approximate surface area is 190 Å². The van der Waals surface area contributed by atoms with Crippen molar-refractivity contribution in [3.8, 4) is 0 Å². The van der Waals surface area contributed by atoms with Crippen molar-refractivity contribution < 1.29 is 14.4 Å². The normalized spacial score (nSPS) is 15.5. The number of halogens is 1. The second-order valence-corrected chi connectivity index (χ2v) is 9.60. The summed E-state index contributed by atoms with van der Waals surface area (Å²) in [7, 11) is 0. The zero-order chi connectivity index (χ0) is 21.3. The van der Waals surface area contributed by atoms with Crippen LogP contribution in [-0.2, 0) is 22.7 Å². The lowest BCUT2D eigenvalue weighted by Gasteiger charge is -2.06. The van der Waals surface area contributed by atoms with Gasteiger partial charge in [0.25, 0.3) is 11.1 Å². The number of fused-ring (bicyclic) bond motifs is 1. The number of rotatable bonds is 6. The highest BCUT2D eigenvalue weighted by Crippen LogP contribution is 2.34. The number of thiophene rings is 1. The third kappa shape index (κ3) is 4.23. The molecule has 0 bridgehead atoms. The zero-order valence-electron chi connectivity index (χ0n) is 16.1. The third-order valence-corrected chi connectivity index (χ3v) is 6.98. The molecule has 1 N–H and O–H groups in total. The van der Waals surface area contributed by atoms with Crippen molar-refractivity contribution >= 4 is 73.1 Å². The lowest BCUT2D eigenvalue weighted by molar-refractivity contribution is -0.123. The van der Waals surface area contributed by atoms with E-state index in [2.05, 4.69) is 21.2 Å². The Morgan fingerprint density at radius 2 is 2.10 bits per heavy atom. The molecule has 1 aliphatic heterocycles. The molecule has 1 aromatic carbocycles. The molecule has 0 radical (unpaired) electrons. The predicted octanol–water partition coefficient (Wildman–Crippen LogP) is 4.84. The Morgan fingerprint density at radius 1 is 1.27 bits per heavy atom. The van der Waals surface area contributed by atoms with Gasteiger partial charge in [0.05, 0.1) is 11.4 Å². The number of hydrogen-bond acceptors (Lipinski definition) is 5. The van der Waals surface area contributed by atoms with E-state index in [-0.39, 0.29) is 23.6 Å². The fraction of sp³-hybridized carbons (Fsp3) is 0.190. The number of imide groups is 1. The minimum atomic E-state index is -0.280. The first kappa shape index (κ1) is 20.9. The van der Waals surface area contributed by atoms with E-state index in [1.807, 2.05) is 46.5 Å². The molecular weight excluding hydrogens is 486 g/mol. The first-order chi connectivity index (χ1) is 14.5. The fourth-order valence-corrected chi connectivity index (χ4v) is 5.17. The molecule has 1 saturated heterocycles. The topological polar surface area (TPSA) is 71.4 Å². The van der Waals surface area contributed by atoms with Crippen LogP contribution in [0, 0.1) is 0 Å². The number of nitrogens with zero attached hydrogens (tertiary/aromatic N) is 2. The smallest absolute Gasteiger partial charge is 0.293 e. The van der Waals surface area contributed by atoms with Crippen LogP contribution in [0.25, 0.3) is 17.0 Å². The number of hydrogen-bond donors (Lipinski definition) is 1. The minimum absolute atomic E-state index is 0.0962. The van der Waals surface area contributed by atoms with Crippen LogP contribution in [0.2, 0.25) is 0 Å². The van der Waals surface area contributed by atoms with Gasteiger partial charge < -0.3 is 9.88 Å². The second-order valence-electron chi connectivity index (χ2n) is 6.66. The molecule has 3 aromatic rings. The molecule has 0 atom stereocenters. The summed E-state index contributed by atoms with van der Waals surface area (Å²) in [6.07, 6.45) is 3.58. The Bertz CT molecular complexity index is 1170.